The Balaban J connectivity index is 2.11. The van der Waals surface area contributed by atoms with Gasteiger partial charge in [-0.1, -0.05) is 0 Å². The number of rotatable bonds is 2. The van der Waals surface area contributed by atoms with Gasteiger partial charge in [0.2, 0.25) is 0 Å². The lowest BCUT2D eigenvalue weighted by atomic mass is 9.92. The van der Waals surface area contributed by atoms with E-state index in [1.807, 2.05) is 13.8 Å². The summed E-state index contributed by atoms with van der Waals surface area (Å²) in [6, 6.07) is 1.71. The molecule has 0 spiro atoms. The molecule has 1 aromatic heterocycles. The molecule has 1 amide bonds. The average molecular weight is 249 g/mol. The van der Waals surface area contributed by atoms with Gasteiger partial charge in [-0.25, -0.2) is 0 Å². The average Bonchev–Trinajstić information content (AvgIpc) is 2.28. The molecule has 0 aromatic carbocycles. The molecule has 5 nitrogen and oxygen atoms in total. The van der Waals surface area contributed by atoms with Crippen molar-refractivity contribution in [3.8, 4) is 0 Å². The minimum absolute atomic E-state index is 0.163. The highest BCUT2D eigenvalue weighted by atomic mass is 16.5. The standard InChI is InChI=1S/C13H19N3O2/c1-9-7-11(14)10(8-15-9)12(17)16-13(2)3-5-18-6-4-13/h7-8H,3-6H2,1-2H3,(H2,14,15)(H,16,17). The Hall–Kier alpha value is -1.62. The van der Waals surface area contributed by atoms with Gasteiger partial charge < -0.3 is 15.8 Å². The zero-order valence-corrected chi connectivity index (χ0v) is 10.8. The van der Waals surface area contributed by atoms with Crippen LogP contribution in [0.1, 0.15) is 35.8 Å². The van der Waals surface area contributed by atoms with Crippen molar-refractivity contribution in [2.75, 3.05) is 18.9 Å². The van der Waals surface area contributed by atoms with Crippen molar-refractivity contribution in [3.05, 3.63) is 23.5 Å². The maximum Gasteiger partial charge on any atom is 0.255 e. The predicted molar refractivity (Wildman–Crippen MR) is 69.3 cm³/mol. The molecule has 98 valence electrons. The molecule has 0 aliphatic carbocycles. The van der Waals surface area contributed by atoms with Gasteiger partial charge in [0.25, 0.3) is 5.91 Å². The summed E-state index contributed by atoms with van der Waals surface area (Å²) in [5.74, 6) is -0.163. The number of pyridine rings is 1. The normalized spacial score (nSPS) is 18.3. The summed E-state index contributed by atoms with van der Waals surface area (Å²) in [5, 5.41) is 3.03. The Kier molecular flexibility index (Phi) is 3.52. The Labute approximate surface area is 107 Å². The molecular weight excluding hydrogens is 230 g/mol. The smallest absolute Gasteiger partial charge is 0.255 e. The second kappa shape index (κ2) is 4.94. The topological polar surface area (TPSA) is 77.2 Å². The van der Waals surface area contributed by atoms with E-state index < -0.39 is 0 Å². The zero-order valence-electron chi connectivity index (χ0n) is 10.8. The lowest BCUT2D eigenvalue weighted by molar-refractivity contribution is 0.0423. The van der Waals surface area contributed by atoms with E-state index in [-0.39, 0.29) is 11.4 Å². The molecule has 0 saturated carbocycles. The highest BCUT2D eigenvalue weighted by Gasteiger charge is 2.29. The summed E-state index contributed by atoms with van der Waals surface area (Å²) in [5.41, 5.74) is 7.34. The molecule has 0 unspecified atom stereocenters. The molecule has 1 fully saturated rings. The Morgan fingerprint density at radius 3 is 2.78 bits per heavy atom. The molecule has 2 rings (SSSR count). The molecule has 0 bridgehead atoms. The minimum Gasteiger partial charge on any atom is -0.398 e. The molecule has 18 heavy (non-hydrogen) atoms. The summed E-state index contributed by atoms with van der Waals surface area (Å²) >= 11 is 0. The Morgan fingerprint density at radius 2 is 2.17 bits per heavy atom. The highest BCUT2D eigenvalue weighted by Crippen LogP contribution is 2.21. The maximum absolute atomic E-state index is 12.2. The third-order valence-electron chi connectivity index (χ3n) is 3.33. The molecular formula is C13H19N3O2. The molecule has 1 aromatic rings. The van der Waals surface area contributed by atoms with E-state index >= 15 is 0 Å². The number of ether oxygens (including phenoxy) is 1. The van der Waals surface area contributed by atoms with Crippen LogP contribution in [-0.4, -0.2) is 29.6 Å². The second-order valence-corrected chi connectivity index (χ2v) is 5.04. The number of nitrogens with two attached hydrogens (primary N) is 1. The van der Waals surface area contributed by atoms with Crippen LogP contribution in [0.5, 0.6) is 0 Å². The van der Waals surface area contributed by atoms with E-state index in [0.29, 0.717) is 24.5 Å². The third-order valence-corrected chi connectivity index (χ3v) is 3.33. The van der Waals surface area contributed by atoms with Crippen molar-refractivity contribution in [2.24, 2.45) is 0 Å². The number of aryl methyl sites for hydroxylation is 1. The van der Waals surface area contributed by atoms with Gasteiger partial charge in [-0.05, 0) is 32.8 Å². The van der Waals surface area contributed by atoms with Crippen molar-refractivity contribution >= 4 is 11.6 Å². The fraction of sp³-hybridized carbons (Fsp3) is 0.538. The van der Waals surface area contributed by atoms with E-state index in [0.717, 1.165) is 18.5 Å². The van der Waals surface area contributed by atoms with Gasteiger partial charge in [0.15, 0.2) is 0 Å². The van der Waals surface area contributed by atoms with Gasteiger partial charge in [0.1, 0.15) is 0 Å². The molecule has 0 radical (unpaired) electrons. The summed E-state index contributed by atoms with van der Waals surface area (Å²) in [6.07, 6.45) is 3.17. The highest BCUT2D eigenvalue weighted by molar-refractivity contribution is 5.99. The Morgan fingerprint density at radius 1 is 1.50 bits per heavy atom. The number of carbonyl (C=O) groups excluding carboxylic acids is 1. The number of carbonyl (C=O) groups is 1. The quantitative estimate of drug-likeness (QED) is 0.827. The van der Waals surface area contributed by atoms with Crippen LogP contribution in [0, 0.1) is 6.92 Å². The first-order valence-electron chi connectivity index (χ1n) is 6.13. The van der Waals surface area contributed by atoms with Gasteiger partial charge in [-0.15, -0.1) is 0 Å². The number of hydrogen-bond donors (Lipinski definition) is 2. The zero-order chi connectivity index (χ0) is 13.2. The fourth-order valence-corrected chi connectivity index (χ4v) is 2.06. The van der Waals surface area contributed by atoms with E-state index in [1.54, 1.807) is 6.07 Å². The molecule has 1 aliphatic rings. The predicted octanol–water partition coefficient (Wildman–Crippen LogP) is 1.27. The number of nitrogens with one attached hydrogen (secondary N) is 1. The summed E-state index contributed by atoms with van der Waals surface area (Å²) in [4.78, 5) is 16.3. The summed E-state index contributed by atoms with van der Waals surface area (Å²) < 4.78 is 5.30. The van der Waals surface area contributed by atoms with E-state index in [4.69, 9.17) is 10.5 Å². The largest absolute Gasteiger partial charge is 0.398 e. The third kappa shape index (κ3) is 2.79. The van der Waals surface area contributed by atoms with Crippen molar-refractivity contribution in [3.63, 3.8) is 0 Å². The van der Waals surface area contributed by atoms with Crippen molar-refractivity contribution < 1.29 is 9.53 Å². The number of nitrogen functional groups attached to an aromatic ring is 1. The lowest BCUT2D eigenvalue weighted by Crippen LogP contribution is -2.49. The van der Waals surface area contributed by atoms with Crippen LogP contribution in [0.3, 0.4) is 0 Å². The second-order valence-electron chi connectivity index (χ2n) is 5.04. The Bertz CT molecular complexity index is 454. The molecule has 0 atom stereocenters. The van der Waals surface area contributed by atoms with E-state index in [9.17, 15) is 4.79 Å². The van der Waals surface area contributed by atoms with Gasteiger partial charge >= 0.3 is 0 Å². The number of hydrogen-bond acceptors (Lipinski definition) is 4. The van der Waals surface area contributed by atoms with Crippen LogP contribution in [0.25, 0.3) is 0 Å². The summed E-state index contributed by atoms with van der Waals surface area (Å²) in [7, 11) is 0. The van der Waals surface area contributed by atoms with Gasteiger partial charge in [-0.3, -0.25) is 9.78 Å². The van der Waals surface area contributed by atoms with Crippen molar-refractivity contribution in [1.29, 1.82) is 0 Å². The van der Waals surface area contributed by atoms with E-state index in [2.05, 4.69) is 10.3 Å². The van der Waals surface area contributed by atoms with Crippen LogP contribution in [0.15, 0.2) is 12.3 Å². The number of amides is 1. The molecule has 2 heterocycles. The van der Waals surface area contributed by atoms with Gasteiger partial charge in [-0.2, -0.15) is 0 Å². The lowest BCUT2D eigenvalue weighted by Gasteiger charge is -2.34. The van der Waals surface area contributed by atoms with Crippen molar-refractivity contribution in [2.45, 2.75) is 32.2 Å². The van der Waals surface area contributed by atoms with E-state index in [1.165, 1.54) is 6.20 Å². The molecule has 3 N–H and O–H groups in total. The van der Waals surface area contributed by atoms with Crippen LogP contribution in [0.4, 0.5) is 5.69 Å². The SMILES string of the molecule is Cc1cc(N)c(C(=O)NC2(C)CCOCC2)cn1. The van der Waals surface area contributed by atoms with Crippen LogP contribution in [-0.2, 0) is 4.74 Å². The first-order valence-corrected chi connectivity index (χ1v) is 6.13. The monoisotopic (exact) mass is 249 g/mol. The van der Waals surface area contributed by atoms with Crippen LogP contribution in [0.2, 0.25) is 0 Å². The number of nitrogens with zero attached hydrogens (tertiary/aromatic N) is 1. The molecule has 1 aliphatic heterocycles. The summed E-state index contributed by atoms with van der Waals surface area (Å²) in [6.45, 7) is 5.24. The van der Waals surface area contributed by atoms with Crippen LogP contribution >= 0.6 is 0 Å². The fourth-order valence-electron chi connectivity index (χ4n) is 2.06. The first-order chi connectivity index (χ1) is 8.50. The molecule has 1 saturated heterocycles. The maximum atomic E-state index is 12.2. The minimum atomic E-state index is -0.216. The molecule has 5 heteroatoms. The van der Waals surface area contributed by atoms with Crippen molar-refractivity contribution in [1.82, 2.24) is 10.3 Å². The first kappa shape index (κ1) is 12.8. The number of aromatic nitrogens is 1. The number of anilines is 1. The van der Waals surface area contributed by atoms with Gasteiger partial charge in [0, 0.05) is 36.3 Å². The van der Waals surface area contributed by atoms with Crippen LogP contribution < -0.4 is 11.1 Å². The van der Waals surface area contributed by atoms with Gasteiger partial charge in [0.05, 0.1) is 5.56 Å².